The number of piperidine rings is 1. The van der Waals surface area contributed by atoms with Crippen molar-refractivity contribution in [3.63, 3.8) is 0 Å². The van der Waals surface area contributed by atoms with Crippen LogP contribution in [0.3, 0.4) is 0 Å². The Morgan fingerprint density at radius 2 is 1.73 bits per heavy atom. The first-order valence-corrected chi connectivity index (χ1v) is 13.9. The second-order valence-electron chi connectivity index (χ2n) is 10.9. The van der Waals surface area contributed by atoms with Gasteiger partial charge in [-0.2, -0.15) is 0 Å². The number of likely N-dealkylation sites (N-methyl/N-ethyl adjacent to an activating group) is 1. The highest BCUT2D eigenvalue weighted by atomic mass is 16.5. The molecule has 1 aromatic carbocycles. The standard InChI is InChI=1S/C29H43N5O3/c1-30-11-15-33(16-12-30)27-7-8-28(37-2)25-9-10-34(22-26(25)27)29(36)21-23-3-5-24(6-4-23)32-17-13-31(14-18-32)19-20-35/h3-8,26-27,35H,9-22H2,1-2H3. The van der Waals surface area contributed by atoms with Crippen LogP contribution in [0.4, 0.5) is 5.69 Å². The number of carbonyl (C=O) groups excluding carboxylic acids is 1. The number of rotatable bonds is 7. The second-order valence-corrected chi connectivity index (χ2v) is 10.9. The van der Waals surface area contributed by atoms with E-state index in [4.69, 9.17) is 9.84 Å². The number of piperazine rings is 2. The third-order valence-electron chi connectivity index (χ3n) is 8.67. The molecular formula is C29H43N5O3. The van der Waals surface area contributed by atoms with Crippen molar-refractivity contribution >= 4 is 11.6 Å². The van der Waals surface area contributed by atoms with Crippen LogP contribution in [0, 0.1) is 5.92 Å². The van der Waals surface area contributed by atoms with E-state index >= 15 is 0 Å². The zero-order valence-electron chi connectivity index (χ0n) is 22.5. The fraction of sp³-hybridized carbons (Fsp3) is 0.621. The van der Waals surface area contributed by atoms with E-state index in [1.165, 1.54) is 11.3 Å². The molecule has 0 aromatic heterocycles. The van der Waals surface area contributed by atoms with Gasteiger partial charge in [-0.05, 0) is 42.8 Å². The van der Waals surface area contributed by atoms with E-state index in [-0.39, 0.29) is 12.5 Å². The number of fused-ring (bicyclic) bond motifs is 1. The number of hydrogen-bond donors (Lipinski definition) is 1. The van der Waals surface area contributed by atoms with Crippen molar-refractivity contribution in [2.75, 3.05) is 97.7 Å². The summed E-state index contributed by atoms with van der Waals surface area (Å²) in [7, 11) is 3.95. The molecule has 8 heteroatoms. The molecular weight excluding hydrogens is 466 g/mol. The number of allylic oxidation sites excluding steroid dienone is 1. The molecule has 3 fully saturated rings. The van der Waals surface area contributed by atoms with E-state index < -0.39 is 0 Å². The van der Waals surface area contributed by atoms with Crippen molar-refractivity contribution < 1.29 is 14.6 Å². The van der Waals surface area contributed by atoms with Gasteiger partial charge in [0.1, 0.15) is 5.76 Å². The summed E-state index contributed by atoms with van der Waals surface area (Å²) in [6, 6.07) is 8.86. The Bertz CT molecular complexity index is 978. The first-order chi connectivity index (χ1) is 18.1. The predicted octanol–water partition coefficient (Wildman–Crippen LogP) is 1.28. The molecule has 4 aliphatic rings. The third kappa shape index (κ3) is 6.03. The molecule has 8 nitrogen and oxygen atoms in total. The van der Waals surface area contributed by atoms with Gasteiger partial charge in [-0.3, -0.25) is 14.6 Å². The molecule has 37 heavy (non-hydrogen) atoms. The van der Waals surface area contributed by atoms with Gasteiger partial charge in [-0.25, -0.2) is 0 Å². The zero-order chi connectivity index (χ0) is 25.8. The van der Waals surface area contributed by atoms with Crippen LogP contribution in [0.5, 0.6) is 0 Å². The fourth-order valence-corrected chi connectivity index (χ4v) is 6.33. The van der Waals surface area contributed by atoms with Crippen molar-refractivity contribution in [1.29, 1.82) is 0 Å². The molecule has 1 aliphatic carbocycles. The lowest BCUT2D eigenvalue weighted by Gasteiger charge is -2.46. The van der Waals surface area contributed by atoms with Crippen LogP contribution in [0.15, 0.2) is 47.7 Å². The van der Waals surface area contributed by atoms with Crippen LogP contribution >= 0.6 is 0 Å². The average molecular weight is 510 g/mol. The Labute approximate surface area is 221 Å². The second kappa shape index (κ2) is 12.0. The molecule has 3 saturated heterocycles. The van der Waals surface area contributed by atoms with Crippen molar-refractivity contribution in [1.82, 2.24) is 19.6 Å². The Morgan fingerprint density at radius 1 is 1.00 bits per heavy atom. The number of β-amino-alcohol motifs (C(OH)–C–C–N with tert-alkyl or cyclic N) is 1. The molecule has 0 spiro atoms. The summed E-state index contributed by atoms with van der Waals surface area (Å²) in [6.07, 6.45) is 5.78. The highest BCUT2D eigenvalue weighted by Gasteiger charge is 2.38. The van der Waals surface area contributed by atoms with Gasteiger partial charge in [-0.1, -0.05) is 18.2 Å². The molecule has 2 atom stereocenters. The summed E-state index contributed by atoms with van der Waals surface area (Å²) < 4.78 is 5.73. The number of methoxy groups -OCH3 is 1. The highest BCUT2D eigenvalue weighted by Crippen LogP contribution is 2.36. The molecule has 3 aliphatic heterocycles. The van der Waals surface area contributed by atoms with Crippen molar-refractivity contribution in [3.05, 3.63) is 53.3 Å². The van der Waals surface area contributed by atoms with Gasteiger partial charge in [0.05, 0.1) is 20.1 Å². The molecule has 5 rings (SSSR count). The molecule has 3 heterocycles. The van der Waals surface area contributed by atoms with Gasteiger partial charge in [0.15, 0.2) is 0 Å². The fourth-order valence-electron chi connectivity index (χ4n) is 6.33. The molecule has 0 bridgehead atoms. The highest BCUT2D eigenvalue weighted by molar-refractivity contribution is 5.79. The minimum absolute atomic E-state index is 0.218. The summed E-state index contributed by atoms with van der Waals surface area (Å²) in [5.41, 5.74) is 3.66. The maximum absolute atomic E-state index is 13.4. The molecule has 2 unspecified atom stereocenters. The first kappa shape index (κ1) is 26.2. The van der Waals surface area contributed by atoms with Crippen LogP contribution in [0.1, 0.15) is 12.0 Å². The van der Waals surface area contributed by atoms with E-state index in [9.17, 15) is 4.79 Å². The minimum atomic E-state index is 0.218. The quantitative estimate of drug-likeness (QED) is 0.594. The summed E-state index contributed by atoms with van der Waals surface area (Å²) in [5, 5.41) is 9.16. The third-order valence-corrected chi connectivity index (χ3v) is 8.67. The van der Waals surface area contributed by atoms with Crippen molar-refractivity contribution in [2.24, 2.45) is 5.92 Å². The van der Waals surface area contributed by atoms with E-state index in [0.717, 1.165) is 89.7 Å². The van der Waals surface area contributed by atoms with Crippen LogP contribution in [-0.4, -0.2) is 129 Å². The van der Waals surface area contributed by atoms with Gasteiger partial charge in [0, 0.05) is 89.6 Å². The smallest absolute Gasteiger partial charge is 0.227 e. The van der Waals surface area contributed by atoms with Crippen LogP contribution < -0.4 is 4.90 Å². The number of nitrogens with zero attached hydrogens (tertiary/aromatic N) is 5. The first-order valence-electron chi connectivity index (χ1n) is 13.9. The zero-order valence-corrected chi connectivity index (χ0v) is 22.5. The van der Waals surface area contributed by atoms with Gasteiger partial charge in [0.25, 0.3) is 0 Å². The number of amides is 1. The summed E-state index contributed by atoms with van der Waals surface area (Å²) in [6.45, 7) is 10.7. The Morgan fingerprint density at radius 3 is 2.41 bits per heavy atom. The number of likely N-dealkylation sites (tertiary alicyclic amines) is 1. The van der Waals surface area contributed by atoms with Gasteiger partial charge in [-0.15, -0.1) is 0 Å². The number of ether oxygens (including phenoxy) is 1. The molecule has 0 saturated carbocycles. The summed E-state index contributed by atoms with van der Waals surface area (Å²) in [5.74, 6) is 1.51. The minimum Gasteiger partial charge on any atom is -0.497 e. The van der Waals surface area contributed by atoms with Crippen molar-refractivity contribution in [2.45, 2.75) is 18.9 Å². The van der Waals surface area contributed by atoms with Crippen LogP contribution in [-0.2, 0) is 16.0 Å². The van der Waals surface area contributed by atoms with Crippen molar-refractivity contribution in [3.8, 4) is 0 Å². The lowest BCUT2D eigenvalue weighted by Crippen LogP contribution is -2.55. The molecule has 202 valence electrons. The Balaban J connectivity index is 1.20. The normalized spacial score (nSPS) is 25.9. The monoisotopic (exact) mass is 509 g/mol. The number of benzene rings is 1. The molecule has 0 radical (unpaired) electrons. The average Bonchev–Trinajstić information content (AvgIpc) is 2.94. The van der Waals surface area contributed by atoms with E-state index in [1.807, 2.05) is 0 Å². The van der Waals surface area contributed by atoms with E-state index in [2.05, 4.69) is 68.0 Å². The number of hydrogen-bond acceptors (Lipinski definition) is 7. The number of aliphatic hydroxyl groups excluding tert-OH is 1. The molecule has 1 amide bonds. The summed E-state index contributed by atoms with van der Waals surface area (Å²) >= 11 is 0. The van der Waals surface area contributed by atoms with Crippen LogP contribution in [0.2, 0.25) is 0 Å². The topological polar surface area (TPSA) is 62.7 Å². The lowest BCUT2D eigenvalue weighted by molar-refractivity contribution is -0.132. The van der Waals surface area contributed by atoms with E-state index in [1.54, 1.807) is 7.11 Å². The van der Waals surface area contributed by atoms with Gasteiger partial charge in [0.2, 0.25) is 5.91 Å². The Kier molecular flexibility index (Phi) is 8.49. The lowest BCUT2D eigenvalue weighted by atomic mass is 9.80. The number of anilines is 1. The number of carbonyl (C=O) groups is 1. The summed E-state index contributed by atoms with van der Waals surface area (Å²) in [4.78, 5) is 25.2. The van der Waals surface area contributed by atoms with Gasteiger partial charge < -0.3 is 24.5 Å². The predicted molar refractivity (Wildman–Crippen MR) is 147 cm³/mol. The SMILES string of the molecule is COC1=C2CCN(C(=O)Cc3ccc(N4CCN(CCO)CC4)cc3)CC2C(N2CCN(C)CC2)C=C1. The van der Waals surface area contributed by atoms with Crippen LogP contribution in [0.25, 0.3) is 0 Å². The maximum atomic E-state index is 13.4. The molecule has 1 aromatic rings. The van der Waals surface area contributed by atoms with Gasteiger partial charge >= 0.3 is 0 Å². The maximum Gasteiger partial charge on any atom is 0.227 e. The number of aliphatic hydroxyl groups is 1. The van der Waals surface area contributed by atoms with E-state index in [0.29, 0.717) is 18.4 Å². The largest absolute Gasteiger partial charge is 0.497 e. The molecule has 1 N–H and O–H groups in total. The Hall–Kier alpha value is -2.39.